The number of rotatable bonds is 6. The smallest absolute Gasteiger partial charge is 0.444 e. The number of esters is 1. The van der Waals surface area contributed by atoms with Gasteiger partial charge >= 0.3 is 23.9 Å². The molecule has 2 atom stereocenters. The van der Waals surface area contributed by atoms with Crippen LogP contribution in [-0.4, -0.2) is 42.4 Å². The first-order valence-electron chi connectivity index (χ1n) is 9.24. The molecule has 1 amide bonds. The highest BCUT2D eigenvalue weighted by Gasteiger charge is 2.52. The molecule has 0 aliphatic carbocycles. The van der Waals surface area contributed by atoms with Gasteiger partial charge in [-0.3, -0.25) is 5.32 Å². The monoisotopic (exact) mass is 409 g/mol. The maximum Gasteiger partial charge on any atom is 0.514 e. The van der Waals surface area contributed by atoms with E-state index in [1.165, 1.54) is 0 Å². The summed E-state index contributed by atoms with van der Waals surface area (Å²) in [6.07, 6.45) is -3.31. The predicted octanol–water partition coefficient (Wildman–Crippen LogP) is 3.12. The van der Waals surface area contributed by atoms with Crippen LogP contribution in [0.15, 0.2) is 30.3 Å². The third-order valence-electron chi connectivity index (χ3n) is 3.69. The Kier molecular flexibility index (Phi) is 7.07. The average molecular weight is 409 g/mol. The van der Waals surface area contributed by atoms with Gasteiger partial charge in [0.05, 0.1) is 6.61 Å². The molecule has 29 heavy (non-hydrogen) atoms. The van der Waals surface area contributed by atoms with Gasteiger partial charge < -0.3 is 23.7 Å². The van der Waals surface area contributed by atoms with E-state index < -0.39 is 42.4 Å². The summed E-state index contributed by atoms with van der Waals surface area (Å²) < 4.78 is 26.1. The second-order valence-electron chi connectivity index (χ2n) is 7.92. The Hall–Kier alpha value is -2.81. The van der Waals surface area contributed by atoms with Crippen LogP contribution >= 0.6 is 0 Å². The largest absolute Gasteiger partial charge is 0.514 e. The molecule has 1 aromatic carbocycles. The molecule has 0 spiro atoms. The van der Waals surface area contributed by atoms with Crippen molar-refractivity contribution in [3.05, 3.63) is 35.9 Å². The molecule has 160 valence electrons. The fraction of sp³-hybridized carbons (Fsp3) is 0.550. The number of carbonyl (C=O) groups excluding carboxylic acids is 3. The molecule has 1 aliphatic rings. The Morgan fingerprint density at radius 3 is 2.41 bits per heavy atom. The molecule has 0 aromatic heterocycles. The molecule has 1 heterocycles. The Labute approximate surface area is 169 Å². The number of carbonyl (C=O) groups is 3. The highest BCUT2D eigenvalue weighted by molar-refractivity contribution is 5.87. The van der Waals surface area contributed by atoms with Crippen molar-refractivity contribution in [2.75, 3.05) is 6.61 Å². The molecule has 1 saturated heterocycles. The van der Waals surface area contributed by atoms with E-state index >= 15 is 0 Å². The van der Waals surface area contributed by atoms with Gasteiger partial charge in [-0.2, -0.15) is 0 Å². The van der Waals surface area contributed by atoms with Crippen LogP contribution in [0.4, 0.5) is 9.59 Å². The van der Waals surface area contributed by atoms with Crippen molar-refractivity contribution < 1.29 is 38.1 Å². The van der Waals surface area contributed by atoms with E-state index in [2.05, 4.69) is 5.32 Å². The summed E-state index contributed by atoms with van der Waals surface area (Å²) in [6.45, 7) is 7.97. The van der Waals surface area contributed by atoms with Crippen molar-refractivity contribution in [1.82, 2.24) is 5.32 Å². The second kappa shape index (κ2) is 9.13. The average Bonchev–Trinajstić information content (AvgIpc) is 2.71. The van der Waals surface area contributed by atoms with Gasteiger partial charge in [-0.25, -0.2) is 14.4 Å². The Balaban J connectivity index is 2.22. The van der Waals surface area contributed by atoms with Gasteiger partial charge in [-0.1, -0.05) is 44.2 Å². The lowest BCUT2D eigenvalue weighted by Gasteiger charge is -2.30. The van der Waals surface area contributed by atoms with E-state index in [0.717, 1.165) is 5.56 Å². The van der Waals surface area contributed by atoms with Gasteiger partial charge in [0.15, 0.2) is 0 Å². The Bertz CT molecular complexity index is 728. The molecule has 9 heteroatoms. The number of cyclic esters (lactones) is 3. The highest BCUT2D eigenvalue weighted by Crippen LogP contribution is 2.23. The van der Waals surface area contributed by atoms with Crippen molar-refractivity contribution in [3.63, 3.8) is 0 Å². The number of hydrogen-bond acceptors (Lipinski definition) is 8. The van der Waals surface area contributed by atoms with E-state index in [4.69, 9.17) is 23.7 Å². The van der Waals surface area contributed by atoms with E-state index in [1.807, 2.05) is 30.3 Å². The van der Waals surface area contributed by atoms with Crippen molar-refractivity contribution in [1.29, 1.82) is 0 Å². The summed E-state index contributed by atoms with van der Waals surface area (Å²) in [5.74, 6) is -1.35. The van der Waals surface area contributed by atoms with Crippen LogP contribution in [0.1, 0.15) is 40.2 Å². The number of alkyl carbamates (subject to hydrolysis) is 1. The number of amides is 1. The van der Waals surface area contributed by atoms with Gasteiger partial charge in [-0.15, -0.1) is 0 Å². The first-order valence-corrected chi connectivity index (χ1v) is 9.24. The molecular formula is C20H27NO8. The molecule has 1 fully saturated rings. The molecule has 1 aromatic rings. The van der Waals surface area contributed by atoms with Gasteiger partial charge in [0.1, 0.15) is 12.2 Å². The minimum atomic E-state index is -2.25. The molecule has 9 nitrogen and oxygen atoms in total. The van der Waals surface area contributed by atoms with Gasteiger partial charge in [-0.05, 0) is 26.3 Å². The molecule has 0 saturated carbocycles. The SMILES string of the molecule is CC(C)C1OC(=O)O[C@@](COCc2ccccc2)(NC(=O)OC(C)(C)C)C(=O)O1. The Morgan fingerprint density at radius 2 is 1.83 bits per heavy atom. The number of nitrogens with one attached hydrogen (secondary N) is 1. The molecule has 1 N–H and O–H groups in total. The summed E-state index contributed by atoms with van der Waals surface area (Å²) in [4.78, 5) is 37.3. The van der Waals surface area contributed by atoms with Crippen LogP contribution in [0, 0.1) is 5.92 Å². The van der Waals surface area contributed by atoms with Gasteiger partial charge in [0, 0.05) is 5.92 Å². The van der Waals surface area contributed by atoms with E-state index in [9.17, 15) is 14.4 Å². The first-order chi connectivity index (χ1) is 13.5. The van der Waals surface area contributed by atoms with Crippen LogP contribution in [0.3, 0.4) is 0 Å². The third kappa shape index (κ3) is 6.63. The quantitative estimate of drug-likeness (QED) is 0.564. The molecule has 1 unspecified atom stereocenters. The van der Waals surface area contributed by atoms with Crippen molar-refractivity contribution >= 4 is 18.2 Å². The number of ether oxygens (including phenoxy) is 5. The fourth-order valence-corrected chi connectivity index (χ4v) is 2.36. The predicted molar refractivity (Wildman–Crippen MR) is 100 cm³/mol. The lowest BCUT2D eigenvalue weighted by Crippen LogP contribution is -2.61. The summed E-state index contributed by atoms with van der Waals surface area (Å²) in [6, 6.07) is 9.15. The zero-order chi connectivity index (χ0) is 21.7. The Morgan fingerprint density at radius 1 is 1.17 bits per heavy atom. The topological polar surface area (TPSA) is 109 Å². The normalized spacial score (nSPS) is 22.2. The minimum absolute atomic E-state index is 0.109. The lowest BCUT2D eigenvalue weighted by molar-refractivity contribution is -0.185. The third-order valence-corrected chi connectivity index (χ3v) is 3.69. The van der Waals surface area contributed by atoms with Gasteiger partial charge in [0.2, 0.25) is 0 Å². The zero-order valence-electron chi connectivity index (χ0n) is 17.2. The lowest BCUT2D eigenvalue weighted by atomic mass is 10.2. The van der Waals surface area contributed by atoms with E-state index in [1.54, 1.807) is 34.6 Å². The summed E-state index contributed by atoms with van der Waals surface area (Å²) in [7, 11) is 0. The van der Waals surface area contributed by atoms with Crippen LogP contribution in [0.5, 0.6) is 0 Å². The van der Waals surface area contributed by atoms with E-state index in [-0.39, 0.29) is 12.5 Å². The zero-order valence-corrected chi connectivity index (χ0v) is 17.2. The first kappa shape index (κ1) is 22.5. The maximum atomic E-state index is 12.8. The van der Waals surface area contributed by atoms with Crippen molar-refractivity contribution in [2.45, 2.75) is 58.8 Å². The van der Waals surface area contributed by atoms with Crippen LogP contribution in [-0.2, 0) is 35.1 Å². The fourth-order valence-electron chi connectivity index (χ4n) is 2.36. The molecule has 0 bridgehead atoms. The van der Waals surface area contributed by atoms with Crippen LogP contribution < -0.4 is 5.32 Å². The minimum Gasteiger partial charge on any atom is -0.444 e. The van der Waals surface area contributed by atoms with E-state index in [0.29, 0.717) is 0 Å². The molecule has 0 radical (unpaired) electrons. The second-order valence-corrected chi connectivity index (χ2v) is 7.92. The van der Waals surface area contributed by atoms with Crippen molar-refractivity contribution in [3.8, 4) is 0 Å². The summed E-state index contributed by atoms with van der Waals surface area (Å²) >= 11 is 0. The molecular weight excluding hydrogens is 382 g/mol. The molecule has 2 rings (SSSR count). The van der Waals surface area contributed by atoms with Crippen LogP contribution in [0.25, 0.3) is 0 Å². The number of benzene rings is 1. The summed E-state index contributed by atoms with van der Waals surface area (Å²) in [5, 5.41) is 2.27. The maximum absolute atomic E-state index is 12.8. The summed E-state index contributed by atoms with van der Waals surface area (Å²) in [5.41, 5.74) is -2.27. The molecule has 1 aliphatic heterocycles. The highest BCUT2D eigenvalue weighted by atomic mass is 16.8. The van der Waals surface area contributed by atoms with Crippen molar-refractivity contribution in [2.24, 2.45) is 5.92 Å². The standard InChI is InChI=1S/C20H27NO8/c1-13(2)15-26-16(22)20(29-18(24)27-15,21-17(23)28-19(3,4)5)12-25-11-14-9-7-6-8-10-14/h6-10,13,15H,11-12H2,1-5H3,(H,21,23)/t15?,20-/m1/s1. The van der Waals surface area contributed by atoms with Gasteiger partial charge in [0.25, 0.3) is 6.29 Å². The van der Waals surface area contributed by atoms with Crippen LogP contribution in [0.2, 0.25) is 0 Å². The number of hydrogen-bond donors (Lipinski definition) is 1.